The van der Waals surface area contributed by atoms with Crippen LogP contribution < -0.4 is 4.74 Å². The lowest BCUT2D eigenvalue weighted by molar-refractivity contribution is 0.151. The van der Waals surface area contributed by atoms with E-state index in [1.165, 1.54) is 6.42 Å². The summed E-state index contributed by atoms with van der Waals surface area (Å²) in [6.45, 7) is 6.61. The highest BCUT2D eigenvalue weighted by Gasteiger charge is 2.23. The molecule has 0 bridgehead atoms. The maximum Gasteiger partial charge on any atom is 0.134 e. The van der Waals surface area contributed by atoms with E-state index in [2.05, 4.69) is 11.0 Å². The van der Waals surface area contributed by atoms with Crippen LogP contribution in [0.15, 0.2) is 40.8 Å². The van der Waals surface area contributed by atoms with Crippen molar-refractivity contribution in [2.75, 3.05) is 33.4 Å². The summed E-state index contributed by atoms with van der Waals surface area (Å²) in [4.78, 5) is 2.44. The second kappa shape index (κ2) is 7.66. The Balaban J connectivity index is 1.59. The average Bonchev–Trinajstić information content (AvgIpc) is 3.19. The highest BCUT2D eigenvalue weighted by molar-refractivity contribution is 5.58. The number of benzene rings is 1. The van der Waals surface area contributed by atoms with Crippen molar-refractivity contribution >= 4 is 0 Å². The standard InChI is InChI=1S/C19H25NO3/c1-3-22-17-6-4-16(5-7-17)19-9-8-18(23-19)13-20-11-10-15(12-20)14-21-2/h4-9,15H,3,10-14H2,1-2H3. The van der Waals surface area contributed by atoms with Crippen molar-refractivity contribution in [2.24, 2.45) is 5.92 Å². The van der Waals surface area contributed by atoms with Gasteiger partial charge in [0.05, 0.1) is 19.8 Å². The van der Waals surface area contributed by atoms with Gasteiger partial charge >= 0.3 is 0 Å². The van der Waals surface area contributed by atoms with E-state index in [9.17, 15) is 0 Å². The fourth-order valence-electron chi connectivity index (χ4n) is 3.15. The van der Waals surface area contributed by atoms with Gasteiger partial charge in [-0.05, 0) is 62.2 Å². The van der Waals surface area contributed by atoms with Gasteiger partial charge in [0.25, 0.3) is 0 Å². The molecule has 4 heteroatoms. The summed E-state index contributed by atoms with van der Waals surface area (Å²) < 4.78 is 16.7. The second-order valence-corrected chi connectivity index (χ2v) is 6.07. The van der Waals surface area contributed by atoms with E-state index in [0.29, 0.717) is 12.5 Å². The van der Waals surface area contributed by atoms with E-state index >= 15 is 0 Å². The molecule has 124 valence electrons. The molecule has 0 amide bonds. The summed E-state index contributed by atoms with van der Waals surface area (Å²) in [5, 5.41) is 0. The van der Waals surface area contributed by atoms with Crippen LogP contribution >= 0.6 is 0 Å². The molecule has 2 aromatic rings. The van der Waals surface area contributed by atoms with Gasteiger partial charge in [-0.2, -0.15) is 0 Å². The summed E-state index contributed by atoms with van der Waals surface area (Å²) in [7, 11) is 1.78. The molecular weight excluding hydrogens is 290 g/mol. The largest absolute Gasteiger partial charge is 0.494 e. The molecule has 1 saturated heterocycles. The third-order valence-corrected chi connectivity index (χ3v) is 4.26. The second-order valence-electron chi connectivity index (χ2n) is 6.07. The quantitative estimate of drug-likeness (QED) is 0.778. The van der Waals surface area contributed by atoms with Gasteiger partial charge < -0.3 is 13.9 Å². The van der Waals surface area contributed by atoms with Crippen LogP contribution in [0.5, 0.6) is 5.75 Å². The van der Waals surface area contributed by atoms with Gasteiger partial charge in [0.1, 0.15) is 17.3 Å². The molecule has 1 aliphatic heterocycles. The van der Waals surface area contributed by atoms with Crippen LogP contribution in [0.2, 0.25) is 0 Å². The summed E-state index contributed by atoms with van der Waals surface area (Å²) >= 11 is 0. The van der Waals surface area contributed by atoms with E-state index in [-0.39, 0.29) is 0 Å². The molecule has 1 fully saturated rings. The van der Waals surface area contributed by atoms with Gasteiger partial charge in [-0.3, -0.25) is 4.90 Å². The van der Waals surface area contributed by atoms with Crippen LogP contribution in [-0.2, 0) is 11.3 Å². The highest BCUT2D eigenvalue weighted by atomic mass is 16.5. The van der Waals surface area contributed by atoms with Gasteiger partial charge in [-0.1, -0.05) is 0 Å². The fourth-order valence-corrected chi connectivity index (χ4v) is 3.15. The number of hydrogen-bond acceptors (Lipinski definition) is 4. The smallest absolute Gasteiger partial charge is 0.134 e. The number of likely N-dealkylation sites (tertiary alicyclic amines) is 1. The molecule has 1 aromatic heterocycles. The molecule has 23 heavy (non-hydrogen) atoms. The molecular formula is C19H25NO3. The zero-order chi connectivity index (χ0) is 16.1. The summed E-state index contributed by atoms with van der Waals surface area (Å²) in [6.07, 6.45) is 1.21. The van der Waals surface area contributed by atoms with Crippen LogP contribution in [0.25, 0.3) is 11.3 Å². The van der Waals surface area contributed by atoms with Gasteiger partial charge in [-0.15, -0.1) is 0 Å². The van der Waals surface area contributed by atoms with Gasteiger partial charge in [0, 0.05) is 19.2 Å². The van der Waals surface area contributed by atoms with Crippen molar-refractivity contribution in [3.63, 3.8) is 0 Å². The Hall–Kier alpha value is -1.78. The third kappa shape index (κ3) is 4.15. The third-order valence-electron chi connectivity index (χ3n) is 4.26. The summed E-state index contributed by atoms with van der Waals surface area (Å²) in [5.41, 5.74) is 1.08. The Kier molecular flexibility index (Phi) is 5.36. The molecule has 0 N–H and O–H groups in total. The molecule has 0 saturated carbocycles. The first-order valence-corrected chi connectivity index (χ1v) is 8.31. The molecule has 1 unspecified atom stereocenters. The minimum atomic E-state index is 0.653. The van der Waals surface area contributed by atoms with Crippen molar-refractivity contribution in [3.05, 3.63) is 42.2 Å². The molecule has 0 aliphatic carbocycles. The summed E-state index contributed by atoms with van der Waals surface area (Å²) in [5.74, 6) is 3.48. The lowest BCUT2D eigenvalue weighted by atomic mass is 10.1. The van der Waals surface area contributed by atoms with Crippen molar-refractivity contribution in [2.45, 2.75) is 19.9 Å². The van der Waals surface area contributed by atoms with E-state index < -0.39 is 0 Å². The number of nitrogens with zero attached hydrogens (tertiary/aromatic N) is 1. The van der Waals surface area contributed by atoms with Gasteiger partial charge in [-0.25, -0.2) is 0 Å². The average molecular weight is 315 g/mol. The number of furan rings is 1. The van der Waals surface area contributed by atoms with Crippen LogP contribution in [0.4, 0.5) is 0 Å². The highest BCUT2D eigenvalue weighted by Crippen LogP contribution is 2.26. The first-order valence-electron chi connectivity index (χ1n) is 8.31. The zero-order valence-corrected chi connectivity index (χ0v) is 14.0. The first-order chi connectivity index (χ1) is 11.3. The van der Waals surface area contributed by atoms with E-state index in [0.717, 1.165) is 49.1 Å². The zero-order valence-electron chi connectivity index (χ0n) is 14.0. The van der Waals surface area contributed by atoms with Crippen molar-refractivity contribution in [1.82, 2.24) is 4.90 Å². The Bertz CT molecular complexity index is 605. The normalized spacial score (nSPS) is 18.4. The monoisotopic (exact) mass is 315 g/mol. The molecule has 4 nitrogen and oxygen atoms in total. The molecule has 1 atom stereocenters. The van der Waals surface area contributed by atoms with E-state index in [4.69, 9.17) is 13.9 Å². The predicted molar refractivity (Wildman–Crippen MR) is 90.6 cm³/mol. The topological polar surface area (TPSA) is 34.8 Å². The van der Waals surface area contributed by atoms with Gasteiger partial charge in [0.2, 0.25) is 0 Å². The molecule has 0 radical (unpaired) electrons. The van der Waals surface area contributed by atoms with E-state index in [1.54, 1.807) is 7.11 Å². The molecule has 3 rings (SSSR count). The summed E-state index contributed by atoms with van der Waals surface area (Å²) in [6, 6.07) is 12.2. The van der Waals surface area contributed by atoms with Crippen LogP contribution in [0.3, 0.4) is 0 Å². The van der Waals surface area contributed by atoms with Crippen LogP contribution in [-0.4, -0.2) is 38.3 Å². The molecule has 0 spiro atoms. The number of rotatable bonds is 7. The lowest BCUT2D eigenvalue weighted by Crippen LogP contribution is -2.20. The lowest BCUT2D eigenvalue weighted by Gasteiger charge is -2.14. The van der Waals surface area contributed by atoms with Gasteiger partial charge in [0.15, 0.2) is 0 Å². The number of methoxy groups -OCH3 is 1. The molecule has 1 aromatic carbocycles. The van der Waals surface area contributed by atoms with Crippen molar-refractivity contribution in [3.8, 4) is 17.1 Å². The minimum Gasteiger partial charge on any atom is -0.494 e. The Labute approximate surface area is 138 Å². The minimum absolute atomic E-state index is 0.653. The molecule has 2 heterocycles. The molecule has 1 aliphatic rings. The van der Waals surface area contributed by atoms with Crippen LogP contribution in [0.1, 0.15) is 19.1 Å². The van der Waals surface area contributed by atoms with Crippen molar-refractivity contribution in [1.29, 1.82) is 0 Å². The number of ether oxygens (including phenoxy) is 2. The Morgan fingerprint density at radius 1 is 1.17 bits per heavy atom. The SMILES string of the molecule is CCOc1ccc(-c2ccc(CN3CCC(COC)C3)o2)cc1. The maximum absolute atomic E-state index is 6.01. The van der Waals surface area contributed by atoms with E-state index in [1.807, 2.05) is 37.3 Å². The maximum atomic E-state index is 6.01. The Morgan fingerprint density at radius 3 is 2.74 bits per heavy atom. The fraction of sp³-hybridized carbons (Fsp3) is 0.474. The number of hydrogen-bond donors (Lipinski definition) is 0. The van der Waals surface area contributed by atoms with Crippen molar-refractivity contribution < 1.29 is 13.9 Å². The van der Waals surface area contributed by atoms with Crippen LogP contribution in [0, 0.1) is 5.92 Å². The predicted octanol–water partition coefficient (Wildman–Crippen LogP) is 3.81. The first kappa shape index (κ1) is 16.1. The Morgan fingerprint density at radius 2 is 2.00 bits per heavy atom.